The van der Waals surface area contributed by atoms with E-state index in [-0.39, 0.29) is 18.2 Å². The van der Waals surface area contributed by atoms with Crippen LogP contribution in [0.2, 0.25) is 10.0 Å². The number of nitrogens with zero attached hydrogens (tertiary/aromatic N) is 2. The number of hydrazone groups is 1. The molecule has 7 nitrogen and oxygen atoms in total. The summed E-state index contributed by atoms with van der Waals surface area (Å²) in [5.41, 5.74) is 4.25. The van der Waals surface area contributed by atoms with Gasteiger partial charge in [-0.25, -0.2) is 5.43 Å². The van der Waals surface area contributed by atoms with Gasteiger partial charge < -0.3 is 4.74 Å². The third kappa shape index (κ3) is 6.27. The van der Waals surface area contributed by atoms with Gasteiger partial charge in [0.2, 0.25) is 0 Å². The number of hydrogen-bond donors (Lipinski definition) is 1. The first-order chi connectivity index (χ1) is 14.8. The van der Waals surface area contributed by atoms with Crippen molar-refractivity contribution in [1.82, 2.24) is 5.43 Å². The maximum absolute atomic E-state index is 12.1. The normalized spacial score (nSPS) is 10.8. The fraction of sp³-hybridized carbons (Fsp3) is 0.0476. The molecule has 0 heterocycles. The van der Waals surface area contributed by atoms with Crippen LogP contribution in [0.15, 0.2) is 70.2 Å². The number of halogens is 3. The van der Waals surface area contributed by atoms with Crippen LogP contribution in [0.5, 0.6) is 5.75 Å². The van der Waals surface area contributed by atoms with Crippen molar-refractivity contribution < 1.29 is 14.5 Å². The van der Waals surface area contributed by atoms with E-state index in [1.165, 1.54) is 18.3 Å². The fourth-order valence-corrected chi connectivity index (χ4v) is 3.61. The number of rotatable bonds is 7. The highest BCUT2D eigenvalue weighted by atomic mass is 79.9. The van der Waals surface area contributed by atoms with E-state index in [0.29, 0.717) is 31.4 Å². The van der Waals surface area contributed by atoms with Crippen LogP contribution in [0.1, 0.15) is 21.5 Å². The molecule has 3 rings (SSSR count). The number of non-ortho nitro benzene ring substituents is 1. The van der Waals surface area contributed by atoms with E-state index in [1.807, 2.05) is 0 Å². The molecule has 0 aliphatic carbocycles. The summed E-state index contributed by atoms with van der Waals surface area (Å²) >= 11 is 15.5. The maximum atomic E-state index is 12.1. The molecule has 0 unspecified atom stereocenters. The number of nitro benzene ring substituents is 1. The Labute approximate surface area is 195 Å². The van der Waals surface area contributed by atoms with Crippen LogP contribution in [0, 0.1) is 10.1 Å². The largest absolute Gasteiger partial charge is 0.486 e. The number of benzene rings is 3. The van der Waals surface area contributed by atoms with E-state index in [4.69, 9.17) is 27.9 Å². The first-order valence-electron chi connectivity index (χ1n) is 8.77. The van der Waals surface area contributed by atoms with Crippen LogP contribution in [0.4, 0.5) is 5.69 Å². The molecular weight excluding hydrogens is 509 g/mol. The summed E-state index contributed by atoms with van der Waals surface area (Å²) < 4.78 is 6.34. The van der Waals surface area contributed by atoms with Crippen molar-refractivity contribution in [3.8, 4) is 5.75 Å². The summed E-state index contributed by atoms with van der Waals surface area (Å²) in [6.45, 7) is 0.181. The van der Waals surface area contributed by atoms with Gasteiger partial charge in [-0.1, -0.05) is 23.2 Å². The van der Waals surface area contributed by atoms with E-state index >= 15 is 0 Å². The summed E-state index contributed by atoms with van der Waals surface area (Å²) in [6.07, 6.45) is 1.45. The topological polar surface area (TPSA) is 93.8 Å². The van der Waals surface area contributed by atoms with Crippen LogP contribution in [0.3, 0.4) is 0 Å². The number of amides is 1. The molecule has 158 valence electrons. The Bertz CT molecular complexity index is 1110. The summed E-state index contributed by atoms with van der Waals surface area (Å²) in [5.74, 6) is 0.0449. The van der Waals surface area contributed by atoms with Gasteiger partial charge in [0.05, 0.1) is 20.6 Å². The van der Waals surface area contributed by atoms with Crippen molar-refractivity contribution in [2.24, 2.45) is 5.10 Å². The highest BCUT2D eigenvalue weighted by molar-refractivity contribution is 9.10. The van der Waals surface area contributed by atoms with Gasteiger partial charge in [0, 0.05) is 22.7 Å². The quantitative estimate of drug-likeness (QED) is 0.233. The minimum Gasteiger partial charge on any atom is -0.486 e. The highest BCUT2D eigenvalue weighted by Gasteiger charge is 2.11. The Kier molecular flexibility index (Phi) is 7.62. The van der Waals surface area contributed by atoms with Crippen molar-refractivity contribution in [2.75, 3.05) is 0 Å². The predicted octanol–water partition coefficient (Wildman–Crippen LogP) is 6.01. The number of carbonyl (C=O) groups excluding carboxylic acids is 1. The zero-order chi connectivity index (χ0) is 22.4. The fourth-order valence-electron chi connectivity index (χ4n) is 2.49. The maximum Gasteiger partial charge on any atom is 0.271 e. The first-order valence-corrected chi connectivity index (χ1v) is 10.3. The molecule has 0 radical (unpaired) electrons. The molecule has 0 spiro atoms. The summed E-state index contributed by atoms with van der Waals surface area (Å²) in [6, 6.07) is 15.8. The molecule has 1 amide bonds. The average Bonchev–Trinajstić information content (AvgIpc) is 2.74. The summed E-state index contributed by atoms with van der Waals surface area (Å²) in [5, 5.41) is 15.5. The third-order valence-corrected chi connectivity index (χ3v) is 5.16. The molecule has 0 fully saturated rings. The van der Waals surface area contributed by atoms with Gasteiger partial charge in [0.25, 0.3) is 11.6 Å². The lowest BCUT2D eigenvalue weighted by Crippen LogP contribution is -2.17. The summed E-state index contributed by atoms with van der Waals surface area (Å²) in [4.78, 5) is 22.3. The molecule has 0 aliphatic heterocycles. The van der Waals surface area contributed by atoms with E-state index in [9.17, 15) is 14.9 Å². The molecule has 0 aromatic heterocycles. The number of nitro groups is 1. The van der Waals surface area contributed by atoms with Gasteiger partial charge in [-0.3, -0.25) is 14.9 Å². The Hall–Kier alpha value is -2.94. The molecule has 31 heavy (non-hydrogen) atoms. The lowest BCUT2D eigenvalue weighted by atomic mass is 10.2. The van der Waals surface area contributed by atoms with E-state index in [0.717, 1.165) is 5.56 Å². The molecule has 0 atom stereocenters. The van der Waals surface area contributed by atoms with Crippen molar-refractivity contribution in [1.29, 1.82) is 0 Å². The summed E-state index contributed by atoms with van der Waals surface area (Å²) in [7, 11) is 0. The van der Waals surface area contributed by atoms with Crippen molar-refractivity contribution in [3.63, 3.8) is 0 Å². The lowest BCUT2D eigenvalue weighted by molar-refractivity contribution is -0.384. The zero-order valence-electron chi connectivity index (χ0n) is 15.7. The predicted molar refractivity (Wildman–Crippen MR) is 123 cm³/mol. The monoisotopic (exact) mass is 521 g/mol. The Morgan fingerprint density at radius 1 is 1.13 bits per heavy atom. The van der Waals surface area contributed by atoms with Gasteiger partial charge in [-0.2, -0.15) is 5.10 Å². The molecule has 3 aromatic rings. The lowest BCUT2D eigenvalue weighted by Gasteiger charge is -2.11. The average molecular weight is 523 g/mol. The van der Waals surface area contributed by atoms with Crippen LogP contribution in [-0.2, 0) is 6.61 Å². The standard InChI is InChI=1S/C21H14BrCl2N3O4/c22-18-9-14(11-25-26-21(28)15-3-5-16(23)6-4-15)10-19(24)20(18)31-12-13-1-7-17(8-2-13)27(29)30/h1-11H,12H2,(H,26,28)/b25-11-. The van der Waals surface area contributed by atoms with Crippen molar-refractivity contribution >= 4 is 56.9 Å². The Morgan fingerprint density at radius 3 is 2.42 bits per heavy atom. The molecule has 0 saturated carbocycles. The molecule has 0 aliphatic rings. The van der Waals surface area contributed by atoms with Gasteiger partial charge in [0.15, 0.2) is 5.75 Å². The Balaban J connectivity index is 1.62. The number of nitrogens with one attached hydrogen (secondary N) is 1. The zero-order valence-corrected chi connectivity index (χ0v) is 18.8. The van der Waals surface area contributed by atoms with Crippen LogP contribution < -0.4 is 10.2 Å². The second-order valence-electron chi connectivity index (χ2n) is 6.23. The van der Waals surface area contributed by atoms with E-state index < -0.39 is 4.92 Å². The SMILES string of the molecule is O=C(N/N=C\c1cc(Cl)c(OCc2ccc([N+](=O)[O-])cc2)c(Br)c1)c1ccc(Cl)cc1. The molecule has 1 N–H and O–H groups in total. The van der Waals surface area contributed by atoms with Crippen LogP contribution >= 0.6 is 39.1 Å². The minimum absolute atomic E-state index is 0.00903. The van der Waals surface area contributed by atoms with Crippen LogP contribution in [-0.4, -0.2) is 17.0 Å². The second kappa shape index (κ2) is 10.4. The van der Waals surface area contributed by atoms with E-state index in [2.05, 4.69) is 26.5 Å². The third-order valence-electron chi connectivity index (χ3n) is 4.04. The molecule has 0 saturated heterocycles. The number of ether oxygens (including phenoxy) is 1. The van der Waals surface area contributed by atoms with Gasteiger partial charge >= 0.3 is 0 Å². The first kappa shape index (κ1) is 22.7. The van der Waals surface area contributed by atoms with E-state index in [1.54, 1.807) is 48.5 Å². The van der Waals surface area contributed by atoms with Crippen LogP contribution in [0.25, 0.3) is 0 Å². The molecule has 3 aromatic carbocycles. The van der Waals surface area contributed by atoms with Gasteiger partial charge in [0.1, 0.15) is 6.61 Å². The van der Waals surface area contributed by atoms with Gasteiger partial charge in [-0.05, 0) is 75.6 Å². The molecular formula is C21H14BrCl2N3O4. The van der Waals surface area contributed by atoms with Crippen molar-refractivity contribution in [3.05, 3.63) is 102 Å². The molecule has 10 heteroatoms. The highest BCUT2D eigenvalue weighted by Crippen LogP contribution is 2.34. The second-order valence-corrected chi connectivity index (χ2v) is 7.93. The van der Waals surface area contributed by atoms with Gasteiger partial charge in [-0.15, -0.1) is 0 Å². The number of hydrogen-bond acceptors (Lipinski definition) is 5. The molecule has 0 bridgehead atoms. The Morgan fingerprint density at radius 2 is 1.81 bits per heavy atom. The minimum atomic E-state index is -0.462. The smallest absolute Gasteiger partial charge is 0.271 e. The number of carbonyl (C=O) groups is 1. The van der Waals surface area contributed by atoms with Crippen molar-refractivity contribution in [2.45, 2.75) is 6.61 Å².